The van der Waals surface area contributed by atoms with Gasteiger partial charge in [-0.15, -0.1) is 0 Å². The predicted octanol–water partition coefficient (Wildman–Crippen LogP) is 13.0. The molecule has 0 atom stereocenters. The highest BCUT2D eigenvalue weighted by Crippen LogP contribution is 2.47. The Morgan fingerprint density at radius 2 is 1.24 bits per heavy atom. The van der Waals surface area contributed by atoms with Crippen molar-refractivity contribution in [2.24, 2.45) is 0 Å². The Morgan fingerprint density at radius 1 is 0.552 bits per heavy atom. The number of rotatable bonds is 5. The molecule has 2 aliphatic rings. The van der Waals surface area contributed by atoms with E-state index in [1.54, 1.807) is 0 Å². The number of benzene rings is 8. The van der Waals surface area contributed by atoms with Gasteiger partial charge in [0.15, 0.2) is 7.28 Å². The van der Waals surface area contributed by atoms with Crippen molar-refractivity contribution >= 4 is 62.2 Å². The molecule has 0 saturated carbocycles. The molecular formula is C55H47BN2. The number of aryl methyl sites for hydroxylation is 1. The van der Waals surface area contributed by atoms with Gasteiger partial charge in [-0.25, -0.2) is 0 Å². The molecule has 8 aromatic carbocycles. The van der Waals surface area contributed by atoms with Crippen molar-refractivity contribution in [3.63, 3.8) is 0 Å². The molecule has 0 spiro atoms. The van der Waals surface area contributed by atoms with Gasteiger partial charge in [0.1, 0.15) is 0 Å². The number of anilines is 2. The second kappa shape index (κ2) is 12.8. The van der Waals surface area contributed by atoms with Gasteiger partial charge in [0.2, 0.25) is 0 Å². The molecule has 0 bridgehead atoms. The second-order valence-corrected chi connectivity index (χ2v) is 18.2. The normalized spacial score (nSPS) is 14.9. The summed E-state index contributed by atoms with van der Waals surface area (Å²) in [6.45, 7) is 11.9. The first-order chi connectivity index (χ1) is 28.1. The van der Waals surface area contributed by atoms with Gasteiger partial charge in [-0.3, -0.25) is 0 Å². The fraction of sp³-hybridized carbons (Fsp3) is 0.164. The predicted molar refractivity (Wildman–Crippen MR) is 251 cm³/mol. The SMILES string of the molecule is Cc1cc(-c2c(Nc3ccc4c(c3)C(C)(C)CCC4(C)C)ccc3ccccc23)c2c(c1)-n1c3ccc(-c4ccccc4)cc3c3cc(-c4ccccc4)cc(c31)B2. The van der Waals surface area contributed by atoms with E-state index in [0.29, 0.717) is 0 Å². The smallest absolute Gasteiger partial charge is 0.198 e. The summed E-state index contributed by atoms with van der Waals surface area (Å²) >= 11 is 0. The molecule has 3 heteroatoms. The van der Waals surface area contributed by atoms with E-state index < -0.39 is 0 Å². The van der Waals surface area contributed by atoms with Crippen molar-refractivity contribution in [1.29, 1.82) is 0 Å². The van der Waals surface area contributed by atoms with Gasteiger partial charge in [0.25, 0.3) is 0 Å². The van der Waals surface area contributed by atoms with Gasteiger partial charge in [-0.1, -0.05) is 148 Å². The minimum Gasteiger partial charge on any atom is -0.355 e. The Bertz CT molecular complexity index is 3110. The summed E-state index contributed by atoms with van der Waals surface area (Å²) in [6, 6.07) is 59.1. The lowest BCUT2D eigenvalue weighted by molar-refractivity contribution is 0.332. The molecular weight excluding hydrogens is 699 g/mol. The Morgan fingerprint density at radius 3 is 2.02 bits per heavy atom. The third kappa shape index (κ3) is 5.47. The van der Waals surface area contributed by atoms with Crippen LogP contribution < -0.4 is 16.2 Å². The molecule has 9 aromatic rings. The van der Waals surface area contributed by atoms with Gasteiger partial charge in [0.05, 0.1) is 5.52 Å². The van der Waals surface area contributed by atoms with Crippen molar-refractivity contribution in [2.75, 3.05) is 5.32 Å². The number of aromatic nitrogens is 1. The van der Waals surface area contributed by atoms with E-state index in [0.717, 1.165) is 18.7 Å². The topological polar surface area (TPSA) is 17.0 Å². The summed E-state index contributed by atoms with van der Waals surface area (Å²) in [5.74, 6) is 0. The Labute approximate surface area is 342 Å². The number of nitrogens with one attached hydrogen (secondary N) is 1. The monoisotopic (exact) mass is 746 g/mol. The summed E-state index contributed by atoms with van der Waals surface area (Å²) < 4.78 is 2.57. The number of hydrogen-bond acceptors (Lipinski definition) is 1. The van der Waals surface area contributed by atoms with Crippen LogP contribution in [0.3, 0.4) is 0 Å². The Balaban J connectivity index is 1.15. The van der Waals surface area contributed by atoms with Crippen LogP contribution in [0.5, 0.6) is 0 Å². The van der Waals surface area contributed by atoms with Gasteiger partial charge >= 0.3 is 0 Å². The van der Waals surface area contributed by atoms with Crippen molar-refractivity contribution in [3.8, 4) is 39.1 Å². The van der Waals surface area contributed by atoms with E-state index in [4.69, 9.17) is 0 Å². The second-order valence-electron chi connectivity index (χ2n) is 18.2. The molecule has 0 unspecified atom stereocenters. The van der Waals surface area contributed by atoms with E-state index in [1.165, 1.54) is 112 Å². The lowest BCUT2D eigenvalue weighted by Gasteiger charge is -2.42. The van der Waals surface area contributed by atoms with Crippen LogP contribution in [0, 0.1) is 6.92 Å². The Kier molecular flexibility index (Phi) is 7.73. The average Bonchev–Trinajstić information content (AvgIpc) is 3.58. The minimum atomic E-state index is 0.128. The van der Waals surface area contributed by atoms with Gasteiger partial charge in [-0.2, -0.15) is 0 Å². The van der Waals surface area contributed by atoms with Crippen LogP contribution in [-0.4, -0.2) is 11.8 Å². The van der Waals surface area contributed by atoms with Crippen molar-refractivity contribution in [1.82, 2.24) is 4.57 Å². The molecule has 1 N–H and O–H groups in total. The van der Waals surface area contributed by atoms with E-state index in [1.807, 2.05) is 0 Å². The fourth-order valence-electron chi connectivity index (χ4n) is 10.3. The molecule has 58 heavy (non-hydrogen) atoms. The summed E-state index contributed by atoms with van der Waals surface area (Å²) in [5, 5.41) is 9.12. The van der Waals surface area contributed by atoms with Crippen molar-refractivity contribution in [2.45, 2.75) is 58.3 Å². The quantitative estimate of drug-likeness (QED) is 0.174. The van der Waals surface area contributed by atoms with Crippen LogP contribution in [0.15, 0.2) is 158 Å². The maximum absolute atomic E-state index is 4.01. The molecule has 1 aliphatic heterocycles. The zero-order valence-corrected chi connectivity index (χ0v) is 34.1. The number of fused-ring (bicyclic) bond motifs is 7. The number of hydrogen-bond donors (Lipinski definition) is 1. The highest BCUT2D eigenvalue weighted by Gasteiger charge is 2.37. The number of nitrogens with zero attached hydrogens (tertiary/aromatic N) is 1. The molecule has 2 nitrogen and oxygen atoms in total. The molecule has 280 valence electrons. The largest absolute Gasteiger partial charge is 0.355 e. The van der Waals surface area contributed by atoms with Gasteiger partial charge < -0.3 is 9.88 Å². The van der Waals surface area contributed by atoms with E-state index in [9.17, 15) is 0 Å². The lowest BCUT2D eigenvalue weighted by Crippen LogP contribution is -2.37. The summed E-state index contributed by atoms with van der Waals surface area (Å²) in [5.41, 5.74) is 20.9. The molecule has 2 heterocycles. The van der Waals surface area contributed by atoms with Crippen LogP contribution >= 0.6 is 0 Å². The lowest BCUT2D eigenvalue weighted by atomic mass is 9.58. The third-order valence-corrected chi connectivity index (χ3v) is 13.5. The molecule has 0 amide bonds. The van der Waals surface area contributed by atoms with Crippen LogP contribution in [0.2, 0.25) is 0 Å². The highest BCUT2D eigenvalue weighted by atomic mass is 15.0. The summed E-state index contributed by atoms with van der Waals surface area (Å²) in [7, 11) is 0.842. The van der Waals surface area contributed by atoms with Gasteiger partial charge in [0, 0.05) is 38.9 Å². The first kappa shape index (κ1) is 34.9. The van der Waals surface area contributed by atoms with E-state index in [-0.39, 0.29) is 10.8 Å². The summed E-state index contributed by atoms with van der Waals surface area (Å²) in [6.07, 6.45) is 2.40. The summed E-state index contributed by atoms with van der Waals surface area (Å²) in [4.78, 5) is 0. The maximum Gasteiger partial charge on any atom is 0.198 e. The molecule has 0 fully saturated rings. The molecule has 11 rings (SSSR count). The minimum absolute atomic E-state index is 0.128. The zero-order chi connectivity index (χ0) is 39.3. The van der Waals surface area contributed by atoms with Crippen molar-refractivity contribution < 1.29 is 0 Å². The standard InChI is InChI=1S/C55H47BN2/c1-34-28-44(51-41-19-13-12-18-37(41)20-24-48(51)57-40-22-23-45-46(33-40)55(4,5)27-26-54(45,2)3)52-50(29-34)58-49-25-21-38(35-14-8-6-9-15-35)30-42(49)43-31-39(32-47(56-52)53(43)58)36-16-10-7-11-17-36/h6-25,28-33,56-57H,26-27H2,1-5H3. The van der Waals surface area contributed by atoms with Crippen LogP contribution in [0.25, 0.3) is 71.6 Å². The maximum atomic E-state index is 4.01. The first-order valence-corrected chi connectivity index (χ1v) is 20.9. The Hall–Kier alpha value is -6.32. The molecule has 1 aromatic heterocycles. The highest BCUT2D eigenvalue weighted by molar-refractivity contribution is 6.73. The first-order valence-electron chi connectivity index (χ1n) is 20.9. The zero-order valence-electron chi connectivity index (χ0n) is 34.1. The van der Waals surface area contributed by atoms with Gasteiger partial charge in [-0.05, 0) is 134 Å². The van der Waals surface area contributed by atoms with E-state index in [2.05, 4.69) is 202 Å². The van der Waals surface area contributed by atoms with Crippen LogP contribution in [0.4, 0.5) is 11.4 Å². The van der Waals surface area contributed by atoms with Crippen LogP contribution in [0.1, 0.15) is 57.2 Å². The van der Waals surface area contributed by atoms with E-state index >= 15 is 0 Å². The average molecular weight is 747 g/mol. The third-order valence-electron chi connectivity index (χ3n) is 13.5. The molecule has 1 aliphatic carbocycles. The molecule has 0 saturated heterocycles. The molecule has 0 radical (unpaired) electrons. The van der Waals surface area contributed by atoms with Crippen molar-refractivity contribution in [3.05, 3.63) is 174 Å². The van der Waals surface area contributed by atoms with Crippen LogP contribution in [-0.2, 0) is 10.8 Å². The fourth-order valence-corrected chi connectivity index (χ4v) is 10.3.